The second kappa shape index (κ2) is 7.93. The Kier molecular flexibility index (Phi) is 5.64. The minimum atomic E-state index is -0.476. The highest BCUT2D eigenvalue weighted by Gasteiger charge is 2.33. The van der Waals surface area contributed by atoms with Crippen LogP contribution in [0.1, 0.15) is 37.8 Å². The second-order valence-corrected chi connectivity index (χ2v) is 6.86. The molecule has 2 amide bonds. The molecule has 2 atom stereocenters. The minimum absolute atomic E-state index is 0.0493. The molecule has 6 heteroatoms. The van der Waals surface area contributed by atoms with Gasteiger partial charge in [-0.15, -0.1) is 0 Å². The lowest BCUT2D eigenvalue weighted by Crippen LogP contribution is -2.54. The Labute approximate surface area is 154 Å². The molecule has 1 saturated heterocycles. The molecular weight excluding hydrogens is 330 g/mol. The van der Waals surface area contributed by atoms with E-state index < -0.39 is 6.03 Å². The van der Waals surface area contributed by atoms with E-state index in [1.807, 2.05) is 55.8 Å². The van der Waals surface area contributed by atoms with Crippen LogP contribution in [0.2, 0.25) is 0 Å². The number of methoxy groups -OCH3 is 1. The highest BCUT2D eigenvalue weighted by molar-refractivity contribution is 5.91. The summed E-state index contributed by atoms with van der Waals surface area (Å²) in [6.07, 6.45) is 3.04. The van der Waals surface area contributed by atoms with Gasteiger partial charge >= 0.3 is 6.03 Å². The molecule has 0 aromatic heterocycles. The Morgan fingerprint density at radius 1 is 1.27 bits per heavy atom. The lowest BCUT2D eigenvalue weighted by atomic mass is 9.96. The van der Waals surface area contributed by atoms with Crippen molar-refractivity contribution in [3.63, 3.8) is 0 Å². The third-order valence-electron chi connectivity index (χ3n) is 5.39. The predicted molar refractivity (Wildman–Crippen MR) is 101 cm³/mol. The van der Waals surface area contributed by atoms with Gasteiger partial charge in [-0.1, -0.05) is 30.3 Å². The Bertz CT molecular complexity index is 780. The van der Waals surface area contributed by atoms with Crippen LogP contribution in [0.25, 0.3) is 10.8 Å². The van der Waals surface area contributed by atoms with Gasteiger partial charge < -0.3 is 9.64 Å². The normalized spacial score (nSPS) is 19.2. The van der Waals surface area contributed by atoms with Crippen LogP contribution < -0.4 is 10.2 Å². The average Bonchev–Trinajstić information content (AvgIpc) is 2.68. The van der Waals surface area contributed by atoms with E-state index in [0.29, 0.717) is 0 Å². The van der Waals surface area contributed by atoms with Crippen molar-refractivity contribution in [2.24, 2.45) is 0 Å². The van der Waals surface area contributed by atoms with Gasteiger partial charge in [0, 0.05) is 5.39 Å². The fourth-order valence-corrected chi connectivity index (χ4v) is 4.02. The number of amides is 2. The fraction of sp³-hybridized carbons (Fsp3) is 0.450. The SMILES string of the molecule is COc1ccc(C(C)N(C(=O)NO)[C@H]2CCCCN2C)c2ccccc12. The molecule has 26 heavy (non-hydrogen) atoms. The van der Waals surface area contributed by atoms with Gasteiger partial charge in [-0.2, -0.15) is 0 Å². The van der Waals surface area contributed by atoms with Gasteiger partial charge in [0.1, 0.15) is 5.75 Å². The Hall–Kier alpha value is -2.31. The van der Waals surface area contributed by atoms with E-state index in [2.05, 4.69) is 4.90 Å². The number of carbonyl (C=O) groups is 1. The van der Waals surface area contributed by atoms with Crippen LogP contribution in [0.5, 0.6) is 5.75 Å². The molecule has 1 fully saturated rings. The number of hydroxylamine groups is 1. The third kappa shape index (κ3) is 3.34. The van der Waals surface area contributed by atoms with Crippen molar-refractivity contribution in [2.75, 3.05) is 20.7 Å². The summed E-state index contributed by atoms with van der Waals surface area (Å²) in [5.74, 6) is 0.810. The first-order valence-electron chi connectivity index (χ1n) is 9.06. The first kappa shape index (κ1) is 18.5. The molecule has 6 nitrogen and oxygen atoms in total. The topological polar surface area (TPSA) is 65.0 Å². The van der Waals surface area contributed by atoms with E-state index in [1.165, 1.54) is 0 Å². The predicted octanol–water partition coefficient (Wildman–Crippen LogP) is 3.75. The lowest BCUT2D eigenvalue weighted by molar-refractivity contribution is 0.0193. The molecule has 0 spiro atoms. The number of fused-ring (bicyclic) bond motifs is 1. The van der Waals surface area contributed by atoms with Crippen LogP contribution in [-0.4, -0.2) is 47.9 Å². The maximum absolute atomic E-state index is 12.5. The summed E-state index contributed by atoms with van der Waals surface area (Å²) in [5, 5.41) is 11.4. The van der Waals surface area contributed by atoms with Crippen molar-refractivity contribution in [3.05, 3.63) is 42.0 Å². The van der Waals surface area contributed by atoms with E-state index in [9.17, 15) is 10.0 Å². The standard InChI is InChI=1S/C20H27N3O3/c1-14(23(20(24)21-25)19-10-6-7-13-22(19)2)15-11-12-18(26-3)17-9-5-4-8-16(15)17/h4-5,8-9,11-12,14,19,25H,6-7,10,13H2,1-3H3,(H,21,24)/t14?,19-/m0/s1. The molecule has 2 aromatic rings. The molecule has 1 aliphatic heterocycles. The van der Waals surface area contributed by atoms with Crippen molar-refractivity contribution < 1.29 is 14.7 Å². The van der Waals surface area contributed by atoms with Gasteiger partial charge in [0.25, 0.3) is 0 Å². The summed E-state index contributed by atoms with van der Waals surface area (Å²) in [5.41, 5.74) is 2.87. The summed E-state index contributed by atoms with van der Waals surface area (Å²) >= 11 is 0. The van der Waals surface area contributed by atoms with Crippen molar-refractivity contribution in [1.29, 1.82) is 0 Å². The largest absolute Gasteiger partial charge is 0.496 e. The van der Waals surface area contributed by atoms with Crippen molar-refractivity contribution in [3.8, 4) is 5.75 Å². The summed E-state index contributed by atoms with van der Waals surface area (Å²) in [4.78, 5) is 16.5. The number of piperidine rings is 1. The fourth-order valence-electron chi connectivity index (χ4n) is 4.02. The number of rotatable bonds is 4. The second-order valence-electron chi connectivity index (χ2n) is 6.86. The molecule has 3 rings (SSSR count). The molecule has 1 aliphatic rings. The van der Waals surface area contributed by atoms with Gasteiger partial charge in [0.2, 0.25) is 0 Å². The van der Waals surface area contributed by atoms with Gasteiger partial charge in [-0.05, 0) is 56.8 Å². The van der Waals surface area contributed by atoms with Crippen LogP contribution in [-0.2, 0) is 0 Å². The third-order valence-corrected chi connectivity index (χ3v) is 5.39. The Balaban J connectivity index is 2.06. The first-order chi connectivity index (χ1) is 12.6. The number of likely N-dealkylation sites (tertiary alicyclic amines) is 1. The van der Waals surface area contributed by atoms with E-state index in [0.717, 1.165) is 47.9 Å². The average molecular weight is 357 g/mol. The zero-order valence-electron chi connectivity index (χ0n) is 15.6. The van der Waals surface area contributed by atoms with Crippen LogP contribution in [0.3, 0.4) is 0 Å². The highest BCUT2D eigenvalue weighted by atomic mass is 16.5. The van der Waals surface area contributed by atoms with Gasteiger partial charge in [0.15, 0.2) is 0 Å². The monoisotopic (exact) mass is 357 g/mol. The summed E-state index contributed by atoms with van der Waals surface area (Å²) in [7, 11) is 3.69. The molecular formula is C20H27N3O3. The highest BCUT2D eigenvalue weighted by Crippen LogP contribution is 2.35. The summed E-state index contributed by atoms with van der Waals surface area (Å²) in [6.45, 7) is 2.95. The summed E-state index contributed by atoms with van der Waals surface area (Å²) < 4.78 is 5.48. The van der Waals surface area contributed by atoms with Crippen LogP contribution in [0, 0.1) is 0 Å². The zero-order valence-corrected chi connectivity index (χ0v) is 15.6. The van der Waals surface area contributed by atoms with Crippen molar-refractivity contribution in [2.45, 2.75) is 38.4 Å². The molecule has 1 heterocycles. The lowest BCUT2D eigenvalue weighted by Gasteiger charge is -2.43. The zero-order chi connectivity index (χ0) is 18.7. The molecule has 140 valence electrons. The van der Waals surface area contributed by atoms with Crippen LogP contribution in [0.15, 0.2) is 36.4 Å². The van der Waals surface area contributed by atoms with Gasteiger partial charge in [0.05, 0.1) is 19.3 Å². The number of ether oxygens (including phenoxy) is 1. The van der Waals surface area contributed by atoms with Crippen LogP contribution >= 0.6 is 0 Å². The summed E-state index contributed by atoms with van der Waals surface area (Å²) in [6, 6.07) is 11.3. The van der Waals surface area contributed by atoms with Crippen LogP contribution in [0.4, 0.5) is 4.79 Å². The molecule has 0 radical (unpaired) electrons. The van der Waals surface area contributed by atoms with E-state index in [4.69, 9.17) is 4.74 Å². The number of hydrogen-bond acceptors (Lipinski definition) is 4. The van der Waals surface area contributed by atoms with Crippen molar-refractivity contribution >= 4 is 16.8 Å². The van der Waals surface area contributed by atoms with Gasteiger partial charge in [-0.25, -0.2) is 10.3 Å². The maximum Gasteiger partial charge on any atom is 0.342 e. The van der Waals surface area contributed by atoms with E-state index in [1.54, 1.807) is 12.0 Å². The minimum Gasteiger partial charge on any atom is -0.496 e. The van der Waals surface area contributed by atoms with Crippen molar-refractivity contribution in [1.82, 2.24) is 15.3 Å². The number of nitrogens with one attached hydrogen (secondary N) is 1. The molecule has 0 aliphatic carbocycles. The molecule has 0 saturated carbocycles. The molecule has 2 N–H and O–H groups in total. The number of carbonyl (C=O) groups excluding carboxylic acids is 1. The molecule has 1 unspecified atom stereocenters. The maximum atomic E-state index is 12.5. The Morgan fingerprint density at radius 2 is 2.00 bits per heavy atom. The van der Waals surface area contributed by atoms with E-state index >= 15 is 0 Å². The number of hydrogen-bond donors (Lipinski definition) is 2. The molecule has 2 aromatic carbocycles. The number of benzene rings is 2. The van der Waals surface area contributed by atoms with Gasteiger partial charge in [-0.3, -0.25) is 10.1 Å². The number of urea groups is 1. The molecule has 0 bridgehead atoms. The number of nitrogens with zero attached hydrogens (tertiary/aromatic N) is 2. The van der Waals surface area contributed by atoms with E-state index in [-0.39, 0.29) is 12.2 Å². The quantitative estimate of drug-likeness (QED) is 0.646. The Morgan fingerprint density at radius 3 is 2.65 bits per heavy atom. The first-order valence-corrected chi connectivity index (χ1v) is 9.06. The smallest absolute Gasteiger partial charge is 0.342 e.